The minimum Gasteiger partial charge on any atom is -0.495 e. The van der Waals surface area contributed by atoms with E-state index < -0.39 is 5.60 Å². The first-order valence-corrected chi connectivity index (χ1v) is 8.47. The fraction of sp³-hybridized carbons (Fsp3) is 0.722. The Labute approximate surface area is 127 Å². The van der Waals surface area contributed by atoms with Crippen LogP contribution in [0.2, 0.25) is 0 Å². The maximum absolute atomic E-state index is 11.5. The Bertz CT molecular complexity index is 470. The third kappa shape index (κ3) is 2.80. The van der Waals surface area contributed by atoms with E-state index in [1.807, 2.05) is 12.1 Å². The van der Waals surface area contributed by atoms with Crippen molar-refractivity contribution in [3.63, 3.8) is 0 Å². The highest BCUT2D eigenvalue weighted by Gasteiger charge is 2.46. The molecular weight excluding hydrogens is 262 g/mol. The Morgan fingerprint density at radius 2 is 1.90 bits per heavy atom. The van der Waals surface area contributed by atoms with E-state index in [2.05, 4.69) is 4.98 Å². The van der Waals surface area contributed by atoms with Gasteiger partial charge < -0.3 is 9.84 Å². The number of hydrogen-bond donors (Lipinski definition) is 1. The SMILES string of the molecule is COc1cccnc1C1(O)CCCCC1C1CCCCC1. The lowest BCUT2D eigenvalue weighted by molar-refractivity contribution is -0.0878. The van der Waals surface area contributed by atoms with Crippen molar-refractivity contribution in [3.8, 4) is 5.75 Å². The van der Waals surface area contributed by atoms with Gasteiger partial charge in [0.2, 0.25) is 0 Å². The van der Waals surface area contributed by atoms with E-state index in [9.17, 15) is 5.11 Å². The Morgan fingerprint density at radius 3 is 2.67 bits per heavy atom. The standard InChI is InChI=1S/C18H27NO2/c1-21-16-11-7-13-19-17(16)18(20)12-6-5-10-15(18)14-8-3-2-4-9-14/h7,11,13-15,20H,2-6,8-10,12H2,1H3. The summed E-state index contributed by atoms with van der Waals surface area (Å²) >= 11 is 0. The second kappa shape index (κ2) is 6.35. The largest absolute Gasteiger partial charge is 0.495 e. The average molecular weight is 289 g/mol. The van der Waals surface area contributed by atoms with Crippen LogP contribution in [0.4, 0.5) is 0 Å². The summed E-state index contributed by atoms with van der Waals surface area (Å²) in [6, 6.07) is 3.80. The van der Waals surface area contributed by atoms with Gasteiger partial charge in [0.1, 0.15) is 17.0 Å². The van der Waals surface area contributed by atoms with Crippen LogP contribution in [0.25, 0.3) is 0 Å². The van der Waals surface area contributed by atoms with Gasteiger partial charge in [0.15, 0.2) is 0 Å². The summed E-state index contributed by atoms with van der Waals surface area (Å²) in [5, 5.41) is 11.5. The molecule has 0 aliphatic heterocycles. The third-order valence-electron chi connectivity index (χ3n) is 5.56. The van der Waals surface area contributed by atoms with Crippen LogP contribution in [0.5, 0.6) is 5.75 Å². The number of aromatic nitrogens is 1. The number of ether oxygens (including phenoxy) is 1. The molecule has 0 spiro atoms. The van der Waals surface area contributed by atoms with Crippen LogP contribution in [0.15, 0.2) is 18.3 Å². The quantitative estimate of drug-likeness (QED) is 0.913. The molecule has 1 heterocycles. The Morgan fingerprint density at radius 1 is 1.14 bits per heavy atom. The van der Waals surface area contributed by atoms with Gasteiger partial charge in [-0.3, -0.25) is 4.98 Å². The Hall–Kier alpha value is -1.09. The van der Waals surface area contributed by atoms with Gasteiger partial charge in [-0.25, -0.2) is 0 Å². The zero-order valence-electron chi connectivity index (χ0n) is 13.1. The number of rotatable bonds is 3. The smallest absolute Gasteiger partial charge is 0.143 e. The number of methoxy groups -OCH3 is 1. The molecule has 2 aliphatic rings. The van der Waals surface area contributed by atoms with E-state index in [1.54, 1.807) is 13.3 Å². The van der Waals surface area contributed by atoms with Gasteiger partial charge in [-0.05, 0) is 36.8 Å². The van der Waals surface area contributed by atoms with Crippen LogP contribution < -0.4 is 4.74 Å². The Balaban J connectivity index is 1.94. The molecule has 2 saturated carbocycles. The van der Waals surface area contributed by atoms with Gasteiger partial charge in [0, 0.05) is 6.20 Å². The van der Waals surface area contributed by atoms with Crippen LogP contribution in [-0.2, 0) is 5.60 Å². The normalized spacial score (nSPS) is 31.0. The van der Waals surface area contributed by atoms with Gasteiger partial charge in [-0.1, -0.05) is 44.9 Å². The number of aliphatic hydroxyl groups is 1. The molecular formula is C18H27NO2. The van der Waals surface area contributed by atoms with E-state index >= 15 is 0 Å². The predicted octanol–water partition coefficient (Wildman–Crippen LogP) is 4.05. The van der Waals surface area contributed by atoms with Crippen molar-refractivity contribution in [2.24, 2.45) is 11.8 Å². The lowest BCUT2D eigenvalue weighted by Crippen LogP contribution is -2.43. The van der Waals surface area contributed by atoms with Gasteiger partial charge in [0.25, 0.3) is 0 Å². The molecule has 2 aliphatic carbocycles. The first-order valence-electron chi connectivity index (χ1n) is 8.47. The first kappa shape index (κ1) is 14.8. The molecule has 0 radical (unpaired) electrons. The molecule has 21 heavy (non-hydrogen) atoms. The molecule has 3 rings (SSSR count). The Kier molecular flexibility index (Phi) is 4.48. The molecule has 2 unspecified atom stereocenters. The molecule has 1 N–H and O–H groups in total. The van der Waals surface area contributed by atoms with Crippen LogP contribution in [0.3, 0.4) is 0 Å². The van der Waals surface area contributed by atoms with Crippen molar-refractivity contribution < 1.29 is 9.84 Å². The molecule has 2 fully saturated rings. The zero-order valence-corrected chi connectivity index (χ0v) is 13.1. The maximum atomic E-state index is 11.5. The van der Waals surface area contributed by atoms with Gasteiger partial charge in [-0.2, -0.15) is 0 Å². The number of hydrogen-bond acceptors (Lipinski definition) is 3. The number of pyridine rings is 1. The molecule has 1 aromatic rings. The second-order valence-electron chi connectivity index (χ2n) is 6.73. The molecule has 0 amide bonds. The molecule has 0 bridgehead atoms. The highest BCUT2D eigenvalue weighted by atomic mass is 16.5. The monoisotopic (exact) mass is 289 g/mol. The van der Waals surface area contributed by atoms with Crippen molar-refractivity contribution >= 4 is 0 Å². The van der Waals surface area contributed by atoms with E-state index in [0.717, 1.165) is 30.7 Å². The minimum atomic E-state index is -0.799. The summed E-state index contributed by atoms with van der Waals surface area (Å²) in [5.74, 6) is 1.73. The molecule has 0 saturated heterocycles. The van der Waals surface area contributed by atoms with E-state index in [-0.39, 0.29) is 0 Å². The lowest BCUT2D eigenvalue weighted by Gasteiger charge is -2.45. The van der Waals surface area contributed by atoms with Crippen molar-refractivity contribution in [1.82, 2.24) is 4.98 Å². The molecule has 1 aromatic heterocycles. The molecule has 0 aromatic carbocycles. The van der Waals surface area contributed by atoms with Crippen molar-refractivity contribution in [1.29, 1.82) is 0 Å². The molecule has 2 atom stereocenters. The van der Waals surface area contributed by atoms with Gasteiger partial charge in [0.05, 0.1) is 7.11 Å². The van der Waals surface area contributed by atoms with Crippen LogP contribution in [0.1, 0.15) is 63.5 Å². The summed E-state index contributed by atoms with van der Waals surface area (Å²) in [4.78, 5) is 4.52. The highest BCUT2D eigenvalue weighted by Crippen LogP contribution is 2.50. The average Bonchev–Trinajstić information content (AvgIpc) is 2.56. The summed E-state index contributed by atoms with van der Waals surface area (Å²) < 4.78 is 5.48. The van der Waals surface area contributed by atoms with Gasteiger partial charge >= 0.3 is 0 Å². The van der Waals surface area contributed by atoms with Crippen molar-refractivity contribution in [2.75, 3.05) is 7.11 Å². The minimum absolute atomic E-state index is 0.343. The summed E-state index contributed by atoms with van der Waals surface area (Å²) in [5.41, 5.74) is -0.0323. The van der Waals surface area contributed by atoms with Crippen LogP contribution in [-0.4, -0.2) is 17.2 Å². The first-order chi connectivity index (χ1) is 10.3. The van der Waals surface area contributed by atoms with Crippen LogP contribution in [0, 0.1) is 11.8 Å². The van der Waals surface area contributed by atoms with E-state index in [0.29, 0.717) is 11.8 Å². The van der Waals surface area contributed by atoms with E-state index in [4.69, 9.17) is 4.74 Å². The molecule has 3 nitrogen and oxygen atoms in total. The van der Waals surface area contributed by atoms with Gasteiger partial charge in [-0.15, -0.1) is 0 Å². The zero-order chi connectivity index (χ0) is 14.7. The predicted molar refractivity (Wildman–Crippen MR) is 83.2 cm³/mol. The molecule has 3 heteroatoms. The summed E-state index contributed by atoms with van der Waals surface area (Å²) in [6.45, 7) is 0. The van der Waals surface area contributed by atoms with Crippen molar-refractivity contribution in [3.05, 3.63) is 24.0 Å². The highest BCUT2D eigenvalue weighted by molar-refractivity contribution is 5.33. The van der Waals surface area contributed by atoms with Crippen LogP contribution >= 0.6 is 0 Å². The molecule has 116 valence electrons. The summed E-state index contributed by atoms with van der Waals surface area (Å²) in [7, 11) is 1.67. The van der Waals surface area contributed by atoms with E-state index in [1.165, 1.54) is 38.5 Å². The lowest BCUT2D eigenvalue weighted by atomic mass is 9.64. The fourth-order valence-corrected chi connectivity index (χ4v) is 4.52. The second-order valence-corrected chi connectivity index (χ2v) is 6.73. The third-order valence-corrected chi connectivity index (χ3v) is 5.56. The number of nitrogens with zero attached hydrogens (tertiary/aromatic N) is 1. The maximum Gasteiger partial charge on any atom is 0.143 e. The summed E-state index contributed by atoms with van der Waals surface area (Å²) in [6.07, 6.45) is 12.6. The fourth-order valence-electron chi connectivity index (χ4n) is 4.52. The van der Waals surface area contributed by atoms with Crippen molar-refractivity contribution in [2.45, 2.75) is 63.4 Å². The topological polar surface area (TPSA) is 42.4 Å².